The molecule has 0 fully saturated rings. The number of benzene rings is 2. The van der Waals surface area contributed by atoms with Gasteiger partial charge in [0.15, 0.2) is 29.0 Å². The fraction of sp³-hybridized carbons (Fsp3) is 0.136. The topological polar surface area (TPSA) is 120 Å². The van der Waals surface area contributed by atoms with Gasteiger partial charge in [0.25, 0.3) is 5.56 Å². The molecule has 4 aromatic rings. The van der Waals surface area contributed by atoms with Crippen LogP contribution in [0.2, 0.25) is 0 Å². The molecule has 1 unspecified atom stereocenters. The summed E-state index contributed by atoms with van der Waals surface area (Å²) in [5.41, 5.74) is -4.15. The predicted molar refractivity (Wildman–Crippen MR) is 119 cm³/mol. The quantitative estimate of drug-likeness (QED) is 0.389. The first kappa shape index (κ1) is 19.1. The number of aromatic amines is 1. The van der Waals surface area contributed by atoms with Crippen molar-refractivity contribution in [2.24, 2.45) is 0 Å². The highest BCUT2D eigenvalue weighted by Crippen LogP contribution is 2.33. The summed E-state index contributed by atoms with van der Waals surface area (Å²) >= 11 is 0.639. The van der Waals surface area contributed by atoms with Gasteiger partial charge < -0.3 is 24.3 Å². The molecule has 35 heavy (non-hydrogen) atoms. The Hall–Kier alpha value is -4.26. The first-order valence-corrected chi connectivity index (χ1v) is 10.2. The molecule has 9 nitrogen and oxygen atoms in total. The van der Waals surface area contributed by atoms with Crippen LogP contribution in [0.25, 0.3) is 16.6 Å². The van der Waals surface area contributed by atoms with Gasteiger partial charge in [-0.1, -0.05) is 0 Å². The zero-order chi connectivity index (χ0) is 28.8. The van der Waals surface area contributed by atoms with Gasteiger partial charge in [-0.15, -0.1) is 11.3 Å². The van der Waals surface area contributed by atoms with E-state index < -0.39 is 81.3 Å². The van der Waals surface area contributed by atoms with E-state index in [1.807, 2.05) is 0 Å². The Morgan fingerprint density at radius 1 is 1.17 bits per heavy atom. The van der Waals surface area contributed by atoms with E-state index in [2.05, 4.69) is 4.98 Å². The highest BCUT2D eigenvalue weighted by atomic mass is 32.1. The Bertz CT molecular complexity index is 1740. The van der Waals surface area contributed by atoms with Crippen molar-refractivity contribution in [2.75, 3.05) is 14.1 Å². The molecule has 0 radical (unpaired) electrons. The summed E-state index contributed by atoms with van der Waals surface area (Å²) in [7, 11) is -2.07. The minimum Gasteiger partial charge on any atom is -0.496 e. The van der Waals surface area contributed by atoms with Crippen molar-refractivity contribution >= 4 is 28.2 Å². The second-order valence-corrected chi connectivity index (χ2v) is 7.67. The van der Waals surface area contributed by atoms with Crippen molar-refractivity contribution in [1.29, 1.82) is 0 Å². The summed E-state index contributed by atoms with van der Waals surface area (Å²) in [5.74, 6) is -7.66. The van der Waals surface area contributed by atoms with Gasteiger partial charge in [0.2, 0.25) is 0 Å². The fourth-order valence-electron chi connectivity index (χ4n) is 3.24. The number of nitrogens with one attached hydrogen (secondary N) is 1. The molecule has 182 valence electrons. The number of halogens is 3. The number of carboxylic acids is 1. The molecule has 0 aliphatic heterocycles. The van der Waals surface area contributed by atoms with E-state index in [9.17, 15) is 28.3 Å². The predicted octanol–water partition coefficient (Wildman–Crippen LogP) is 3.45. The SMILES string of the molecule is [2H]C(Oc1cc(-n2c(=O)[nH]c3csc(C(=O)O)c3c2=O)c(F)cc1OC([2H])([2H])[2H])c1c(OC)ccc(F)c1F. The van der Waals surface area contributed by atoms with Crippen LogP contribution in [0.15, 0.2) is 39.2 Å². The Balaban J connectivity index is 1.94. The average molecular weight is 512 g/mol. The molecule has 0 bridgehead atoms. The maximum absolute atomic E-state index is 15.2. The van der Waals surface area contributed by atoms with E-state index >= 15 is 4.39 Å². The lowest BCUT2D eigenvalue weighted by Gasteiger charge is -2.16. The minimum absolute atomic E-state index is 0.122. The Morgan fingerprint density at radius 3 is 2.63 bits per heavy atom. The van der Waals surface area contributed by atoms with Gasteiger partial charge in [-0.3, -0.25) is 4.79 Å². The van der Waals surface area contributed by atoms with Crippen molar-refractivity contribution in [2.45, 2.75) is 6.58 Å². The third-order valence-corrected chi connectivity index (χ3v) is 5.80. The van der Waals surface area contributed by atoms with Crippen LogP contribution < -0.4 is 25.5 Å². The zero-order valence-electron chi connectivity index (χ0n) is 21.4. The zero-order valence-corrected chi connectivity index (χ0v) is 18.2. The lowest BCUT2D eigenvalue weighted by Crippen LogP contribution is -2.34. The summed E-state index contributed by atoms with van der Waals surface area (Å²) in [5, 5.41) is 10.1. The van der Waals surface area contributed by atoms with Crippen LogP contribution in [0.3, 0.4) is 0 Å². The van der Waals surface area contributed by atoms with Gasteiger partial charge in [-0.05, 0) is 12.1 Å². The molecule has 2 aromatic heterocycles. The molecule has 0 aliphatic rings. The third-order valence-electron chi connectivity index (χ3n) is 4.83. The number of H-pyrrole nitrogens is 1. The number of carboxylic acid groups (broad SMARTS) is 1. The lowest BCUT2D eigenvalue weighted by atomic mass is 10.2. The van der Waals surface area contributed by atoms with Crippen LogP contribution in [0.4, 0.5) is 13.2 Å². The first-order valence-electron chi connectivity index (χ1n) is 11.4. The number of hydrogen-bond donors (Lipinski definition) is 2. The van der Waals surface area contributed by atoms with Crippen LogP contribution in [-0.2, 0) is 6.58 Å². The highest BCUT2D eigenvalue weighted by molar-refractivity contribution is 7.13. The number of ether oxygens (including phenoxy) is 3. The van der Waals surface area contributed by atoms with E-state index in [4.69, 9.17) is 19.7 Å². The molecule has 1 atom stereocenters. The lowest BCUT2D eigenvalue weighted by molar-refractivity contribution is 0.0704. The van der Waals surface area contributed by atoms with Crippen LogP contribution >= 0.6 is 11.3 Å². The van der Waals surface area contributed by atoms with Crippen molar-refractivity contribution in [3.05, 3.63) is 78.4 Å². The van der Waals surface area contributed by atoms with Crippen LogP contribution in [0.1, 0.15) is 20.7 Å². The van der Waals surface area contributed by atoms with Crippen molar-refractivity contribution in [3.63, 3.8) is 0 Å². The summed E-state index contributed by atoms with van der Waals surface area (Å²) < 4.78 is 89.0. The number of carbonyl (C=O) groups is 1. The number of fused-ring (bicyclic) bond motifs is 1. The molecule has 0 spiro atoms. The summed E-state index contributed by atoms with van der Waals surface area (Å²) in [6, 6.07) is 2.79. The van der Waals surface area contributed by atoms with E-state index in [1.165, 1.54) is 5.38 Å². The standard InChI is InChI=1S/C22H15F3N2O7S/c1-32-14-4-3-10(23)18(25)9(14)7-34-16-6-13(11(24)5-15(16)33-2)27-20(28)17-12(26-22(27)31)8-35-19(17)21(29)30/h3-6,8H,7H2,1-2H3,(H,26,31)(H,29,30)/i2D3,7D. The second kappa shape index (κ2) is 9.18. The Morgan fingerprint density at radius 2 is 1.94 bits per heavy atom. The average Bonchev–Trinajstić information content (AvgIpc) is 3.26. The number of hydrogen-bond acceptors (Lipinski definition) is 7. The normalized spacial score (nSPS) is 13.9. The largest absolute Gasteiger partial charge is 0.496 e. The number of thiophene rings is 1. The van der Waals surface area contributed by atoms with E-state index in [-0.39, 0.29) is 15.8 Å². The maximum atomic E-state index is 15.2. The maximum Gasteiger partial charge on any atom is 0.346 e. The second-order valence-electron chi connectivity index (χ2n) is 6.79. The van der Waals surface area contributed by atoms with E-state index in [1.54, 1.807) is 0 Å². The number of aromatic carboxylic acids is 1. The number of aromatic nitrogens is 2. The minimum atomic E-state index is -3.17. The van der Waals surface area contributed by atoms with Gasteiger partial charge in [0.05, 0.1) is 41.8 Å². The third kappa shape index (κ3) is 4.10. The Labute approximate surface area is 203 Å². The molecule has 0 saturated heterocycles. The molecule has 2 heterocycles. The molecule has 0 aliphatic carbocycles. The van der Waals surface area contributed by atoms with Crippen LogP contribution in [0.5, 0.6) is 17.2 Å². The molecule has 0 saturated carbocycles. The van der Waals surface area contributed by atoms with Gasteiger partial charge in [0.1, 0.15) is 17.2 Å². The molecule has 4 rings (SSSR count). The van der Waals surface area contributed by atoms with Crippen molar-refractivity contribution < 1.29 is 42.8 Å². The first-order chi connectivity index (χ1) is 18.2. The smallest absolute Gasteiger partial charge is 0.346 e. The number of rotatable bonds is 7. The van der Waals surface area contributed by atoms with Crippen LogP contribution in [0, 0.1) is 17.5 Å². The molecule has 0 amide bonds. The van der Waals surface area contributed by atoms with Crippen molar-refractivity contribution in [3.8, 4) is 22.9 Å². The number of methoxy groups -OCH3 is 2. The molecule has 2 aromatic carbocycles. The van der Waals surface area contributed by atoms with E-state index in [0.717, 1.165) is 19.2 Å². The van der Waals surface area contributed by atoms with Crippen molar-refractivity contribution in [1.82, 2.24) is 9.55 Å². The highest BCUT2D eigenvalue weighted by Gasteiger charge is 2.23. The molecular weight excluding hydrogens is 493 g/mol. The molecule has 2 N–H and O–H groups in total. The molecule has 13 heteroatoms. The van der Waals surface area contributed by atoms with Gasteiger partial charge in [-0.25, -0.2) is 27.3 Å². The van der Waals surface area contributed by atoms with Crippen LogP contribution in [-0.4, -0.2) is 34.8 Å². The van der Waals surface area contributed by atoms with Gasteiger partial charge in [-0.2, -0.15) is 0 Å². The summed E-state index contributed by atoms with van der Waals surface area (Å²) in [6.45, 7) is -2.15. The molecular formula is C22H15F3N2O7S. The summed E-state index contributed by atoms with van der Waals surface area (Å²) in [4.78, 5) is 39.2. The monoisotopic (exact) mass is 512 g/mol. The fourth-order valence-corrected chi connectivity index (χ4v) is 4.07. The van der Waals surface area contributed by atoms with Gasteiger partial charge >= 0.3 is 11.7 Å². The number of nitrogens with zero attached hydrogens (tertiary/aromatic N) is 1. The Kier molecular flexibility index (Phi) is 5.00. The van der Waals surface area contributed by atoms with Gasteiger partial charge in [0, 0.05) is 17.5 Å². The van der Waals surface area contributed by atoms with E-state index in [0.29, 0.717) is 23.5 Å². The summed E-state index contributed by atoms with van der Waals surface area (Å²) in [6.07, 6.45) is 0.